The Bertz CT molecular complexity index is 810. The third-order valence-electron chi connectivity index (χ3n) is 3.19. The molecule has 1 amide bonds. The van der Waals surface area contributed by atoms with E-state index in [1.807, 2.05) is 54.6 Å². The van der Waals surface area contributed by atoms with Crippen molar-refractivity contribution in [3.05, 3.63) is 66.7 Å². The van der Waals surface area contributed by atoms with Crippen molar-refractivity contribution in [2.24, 2.45) is 0 Å². The van der Waals surface area contributed by atoms with Crippen molar-refractivity contribution in [1.82, 2.24) is 25.8 Å². The molecule has 0 spiro atoms. The molecule has 2 aromatic carbocycles. The molecule has 0 bridgehead atoms. The van der Waals surface area contributed by atoms with Gasteiger partial charge >= 0.3 is 0 Å². The average molecular weight is 293 g/mol. The Kier molecular flexibility index (Phi) is 3.82. The second-order valence-electron chi connectivity index (χ2n) is 4.75. The van der Waals surface area contributed by atoms with Crippen LogP contribution in [0, 0.1) is 0 Å². The first-order chi connectivity index (χ1) is 10.7. The molecular weight excluding hydrogens is 278 g/mol. The number of nitrogens with zero attached hydrogens (tertiary/aromatic N) is 3. The van der Waals surface area contributed by atoms with Crippen molar-refractivity contribution in [3.8, 4) is 0 Å². The van der Waals surface area contributed by atoms with Gasteiger partial charge in [0.1, 0.15) is 12.1 Å². The van der Waals surface area contributed by atoms with Crippen LogP contribution in [0.25, 0.3) is 16.7 Å². The maximum absolute atomic E-state index is 12.0. The summed E-state index contributed by atoms with van der Waals surface area (Å²) in [6.07, 6.45) is 0. The molecular formula is C16H15N5O. The first-order valence-corrected chi connectivity index (χ1v) is 6.81. The van der Waals surface area contributed by atoms with E-state index in [1.54, 1.807) is 4.68 Å². The van der Waals surface area contributed by atoms with Crippen molar-refractivity contribution in [3.63, 3.8) is 0 Å². The van der Waals surface area contributed by atoms with Crippen LogP contribution in [-0.2, 0) is 11.3 Å². The smallest absolute Gasteiger partial charge is 0.260 e. The van der Waals surface area contributed by atoms with Crippen LogP contribution in [-0.4, -0.2) is 20.9 Å². The number of carbonyl (C=O) groups excluding carboxylic acids is 1. The quantitative estimate of drug-likeness (QED) is 0.703. The number of amides is 1. The summed E-state index contributed by atoms with van der Waals surface area (Å²) in [6.45, 7) is 3.96. The van der Waals surface area contributed by atoms with E-state index in [2.05, 4.69) is 27.7 Å². The van der Waals surface area contributed by atoms with Gasteiger partial charge < -0.3 is 0 Å². The summed E-state index contributed by atoms with van der Waals surface area (Å²) >= 11 is 0. The van der Waals surface area contributed by atoms with Gasteiger partial charge in [-0.2, -0.15) is 0 Å². The van der Waals surface area contributed by atoms with E-state index in [0.29, 0.717) is 5.70 Å². The van der Waals surface area contributed by atoms with Gasteiger partial charge in [0.25, 0.3) is 5.91 Å². The second kappa shape index (κ2) is 6.09. The van der Waals surface area contributed by atoms with Crippen LogP contribution in [0.1, 0.15) is 5.56 Å². The topological polar surface area (TPSA) is 71.8 Å². The van der Waals surface area contributed by atoms with Crippen LogP contribution in [0.4, 0.5) is 0 Å². The van der Waals surface area contributed by atoms with Crippen molar-refractivity contribution >= 4 is 22.6 Å². The molecule has 1 heterocycles. The lowest BCUT2D eigenvalue weighted by atomic mass is 10.2. The third-order valence-corrected chi connectivity index (χ3v) is 3.19. The van der Waals surface area contributed by atoms with E-state index in [4.69, 9.17) is 0 Å². The van der Waals surface area contributed by atoms with E-state index in [9.17, 15) is 4.79 Å². The van der Waals surface area contributed by atoms with E-state index in [1.165, 1.54) is 0 Å². The van der Waals surface area contributed by atoms with Gasteiger partial charge in [-0.05, 0) is 17.7 Å². The van der Waals surface area contributed by atoms with Gasteiger partial charge in [0.05, 0.1) is 11.2 Å². The number of hydrazine groups is 1. The second-order valence-corrected chi connectivity index (χ2v) is 4.75. The summed E-state index contributed by atoms with van der Waals surface area (Å²) in [4.78, 5) is 12.0. The Morgan fingerprint density at radius 2 is 1.77 bits per heavy atom. The van der Waals surface area contributed by atoms with Gasteiger partial charge in [-0.25, -0.2) is 4.68 Å². The number of nitrogens with one attached hydrogen (secondary N) is 2. The number of carbonyl (C=O) groups is 1. The van der Waals surface area contributed by atoms with E-state index in [0.717, 1.165) is 16.6 Å². The average Bonchev–Trinajstić information content (AvgIpc) is 2.97. The van der Waals surface area contributed by atoms with Crippen LogP contribution in [0.5, 0.6) is 0 Å². The number of aromatic nitrogens is 3. The SMILES string of the molecule is C=C(NNC(=O)Cn1nnc2ccccc21)c1ccccc1. The van der Waals surface area contributed by atoms with E-state index < -0.39 is 0 Å². The Balaban J connectivity index is 1.60. The van der Waals surface area contributed by atoms with E-state index in [-0.39, 0.29) is 12.5 Å². The highest BCUT2D eigenvalue weighted by atomic mass is 16.2. The number of para-hydroxylation sites is 1. The molecule has 22 heavy (non-hydrogen) atoms. The minimum atomic E-state index is -0.229. The van der Waals surface area contributed by atoms with Crippen LogP contribution in [0.3, 0.4) is 0 Å². The standard InChI is InChI=1S/C16H15N5O/c1-12(13-7-3-2-4-8-13)17-19-16(22)11-21-15-10-6-5-9-14(15)18-20-21/h2-10,17H,1,11H2,(H,19,22). The number of hydrogen-bond acceptors (Lipinski definition) is 4. The summed E-state index contributed by atoms with van der Waals surface area (Å²) in [5.74, 6) is -0.229. The predicted molar refractivity (Wildman–Crippen MR) is 84.3 cm³/mol. The fourth-order valence-electron chi connectivity index (χ4n) is 2.07. The van der Waals surface area contributed by atoms with Gasteiger partial charge in [-0.15, -0.1) is 5.10 Å². The number of hydrogen-bond donors (Lipinski definition) is 2. The molecule has 1 aromatic heterocycles. The lowest BCUT2D eigenvalue weighted by Crippen LogP contribution is -2.38. The molecule has 0 unspecified atom stereocenters. The fraction of sp³-hybridized carbons (Fsp3) is 0.0625. The highest BCUT2D eigenvalue weighted by Gasteiger charge is 2.08. The lowest BCUT2D eigenvalue weighted by molar-refractivity contribution is -0.122. The highest BCUT2D eigenvalue weighted by molar-refractivity contribution is 5.80. The molecule has 6 heteroatoms. The minimum Gasteiger partial charge on any atom is -0.299 e. The summed E-state index contributed by atoms with van der Waals surface area (Å²) in [5, 5.41) is 7.99. The van der Waals surface area contributed by atoms with Crippen LogP contribution in [0.2, 0.25) is 0 Å². The van der Waals surface area contributed by atoms with Crippen LogP contribution >= 0.6 is 0 Å². The molecule has 3 aromatic rings. The zero-order valence-electron chi connectivity index (χ0n) is 11.9. The first-order valence-electron chi connectivity index (χ1n) is 6.81. The molecule has 6 nitrogen and oxygen atoms in total. The molecule has 0 saturated carbocycles. The van der Waals surface area contributed by atoms with Gasteiger partial charge in [0.15, 0.2) is 0 Å². The van der Waals surface area contributed by atoms with Gasteiger partial charge in [-0.3, -0.25) is 15.6 Å². The Labute approximate surface area is 127 Å². The third kappa shape index (κ3) is 2.95. The monoisotopic (exact) mass is 293 g/mol. The predicted octanol–water partition coefficient (Wildman–Crippen LogP) is 1.72. The van der Waals surface area contributed by atoms with Gasteiger partial charge in [0.2, 0.25) is 0 Å². The summed E-state index contributed by atoms with van der Waals surface area (Å²) in [6, 6.07) is 17.1. The van der Waals surface area contributed by atoms with Gasteiger partial charge in [-0.1, -0.05) is 54.3 Å². The van der Waals surface area contributed by atoms with Gasteiger partial charge in [0, 0.05) is 0 Å². The molecule has 3 rings (SSSR count). The summed E-state index contributed by atoms with van der Waals surface area (Å²) < 4.78 is 1.55. The minimum absolute atomic E-state index is 0.0790. The zero-order chi connectivity index (χ0) is 15.4. The maximum atomic E-state index is 12.0. The highest BCUT2D eigenvalue weighted by Crippen LogP contribution is 2.09. The van der Waals surface area contributed by atoms with Crippen LogP contribution in [0.15, 0.2) is 61.2 Å². The van der Waals surface area contributed by atoms with E-state index >= 15 is 0 Å². The molecule has 2 N–H and O–H groups in total. The molecule has 0 atom stereocenters. The first kappa shape index (κ1) is 13.8. The van der Waals surface area contributed by atoms with Crippen molar-refractivity contribution in [1.29, 1.82) is 0 Å². The molecule has 0 radical (unpaired) electrons. The summed E-state index contributed by atoms with van der Waals surface area (Å²) in [7, 11) is 0. The molecule has 0 aliphatic rings. The van der Waals surface area contributed by atoms with Crippen molar-refractivity contribution in [2.75, 3.05) is 0 Å². The number of fused-ring (bicyclic) bond motifs is 1. The molecule has 0 aliphatic heterocycles. The van der Waals surface area contributed by atoms with Crippen molar-refractivity contribution in [2.45, 2.75) is 6.54 Å². The Hall–Kier alpha value is -3.15. The number of benzene rings is 2. The molecule has 110 valence electrons. The molecule has 0 saturated heterocycles. The fourth-order valence-corrected chi connectivity index (χ4v) is 2.07. The normalized spacial score (nSPS) is 10.4. The van der Waals surface area contributed by atoms with Crippen molar-refractivity contribution < 1.29 is 4.79 Å². The molecule has 0 fully saturated rings. The maximum Gasteiger partial charge on any atom is 0.260 e. The Morgan fingerprint density at radius 1 is 1.05 bits per heavy atom. The number of rotatable bonds is 5. The molecule has 0 aliphatic carbocycles. The summed E-state index contributed by atoms with van der Waals surface area (Å²) in [5.41, 5.74) is 8.52. The Morgan fingerprint density at radius 3 is 2.59 bits per heavy atom. The lowest BCUT2D eigenvalue weighted by Gasteiger charge is -2.11. The largest absolute Gasteiger partial charge is 0.299 e. The zero-order valence-corrected chi connectivity index (χ0v) is 11.9. The van der Waals surface area contributed by atoms with Crippen LogP contribution < -0.4 is 10.9 Å².